The van der Waals surface area contributed by atoms with E-state index in [0.717, 1.165) is 44.9 Å². The molecule has 0 saturated carbocycles. The molecule has 0 heterocycles. The smallest absolute Gasteiger partial charge is 0.457 e. The van der Waals surface area contributed by atoms with E-state index in [9.17, 15) is 19.4 Å². The average molecular weight is 777 g/mol. The van der Waals surface area contributed by atoms with Gasteiger partial charge in [0.1, 0.15) is 12.2 Å². The van der Waals surface area contributed by atoms with Crippen LogP contribution in [0.1, 0.15) is 213 Å². The van der Waals surface area contributed by atoms with Gasteiger partial charge in [0.05, 0.1) is 26.4 Å². The molecule has 0 fully saturated rings. The third kappa shape index (κ3) is 40.7. The molecule has 0 bridgehead atoms. The summed E-state index contributed by atoms with van der Waals surface area (Å²) in [5.74, 6) is -0.380. The summed E-state index contributed by atoms with van der Waals surface area (Å²) < 4.78 is 33.4. The number of esters is 1. The molecule has 53 heavy (non-hydrogen) atoms. The molecule has 0 aromatic heterocycles. The Hall–Kier alpha value is -0.800. The molecule has 0 aromatic rings. The summed E-state index contributed by atoms with van der Waals surface area (Å²) in [6, 6.07) is 0. The van der Waals surface area contributed by atoms with Crippen LogP contribution in [0.25, 0.3) is 0 Å². The topological polar surface area (TPSA) is 132 Å². The minimum Gasteiger partial charge on any atom is -0.457 e. The molecule has 0 saturated heterocycles. The highest BCUT2D eigenvalue weighted by Gasteiger charge is 2.26. The summed E-state index contributed by atoms with van der Waals surface area (Å²) >= 11 is 0. The van der Waals surface area contributed by atoms with Crippen molar-refractivity contribution in [3.63, 3.8) is 0 Å². The highest BCUT2D eigenvalue weighted by Crippen LogP contribution is 2.43. The number of aliphatic hydroxyl groups is 2. The van der Waals surface area contributed by atoms with Crippen LogP contribution in [0.2, 0.25) is 0 Å². The van der Waals surface area contributed by atoms with Gasteiger partial charge in [0, 0.05) is 13.0 Å². The highest BCUT2D eigenvalue weighted by molar-refractivity contribution is 7.47. The number of aliphatic hydroxyl groups excluding tert-OH is 2. The van der Waals surface area contributed by atoms with Gasteiger partial charge in [-0.25, -0.2) is 4.57 Å². The maximum atomic E-state index is 12.6. The van der Waals surface area contributed by atoms with Crippen molar-refractivity contribution < 1.29 is 43.0 Å². The fourth-order valence-corrected chi connectivity index (χ4v) is 7.08. The predicted molar refractivity (Wildman–Crippen MR) is 219 cm³/mol. The maximum Gasteiger partial charge on any atom is 0.472 e. The third-order valence-electron chi connectivity index (χ3n) is 9.70. The van der Waals surface area contributed by atoms with E-state index in [1.54, 1.807) is 0 Å². The van der Waals surface area contributed by atoms with Crippen LogP contribution in [0.15, 0.2) is 12.2 Å². The van der Waals surface area contributed by atoms with Crippen molar-refractivity contribution in [3.05, 3.63) is 12.2 Å². The Morgan fingerprint density at radius 3 is 1.43 bits per heavy atom. The predicted octanol–water partition coefficient (Wildman–Crippen LogP) is 12.1. The monoisotopic (exact) mass is 777 g/mol. The second kappa shape index (κ2) is 40.9. The van der Waals surface area contributed by atoms with Crippen LogP contribution in [0.3, 0.4) is 0 Å². The Morgan fingerprint density at radius 1 is 0.566 bits per heavy atom. The fraction of sp³-hybridized carbons (Fsp3) is 0.930. The Bertz CT molecular complexity index is 841. The van der Waals surface area contributed by atoms with Crippen LogP contribution in [0.5, 0.6) is 0 Å². The molecule has 316 valence electrons. The number of phosphoric ester groups is 1. The Morgan fingerprint density at radius 2 is 0.962 bits per heavy atom. The number of phosphoric acid groups is 1. The molecule has 10 heteroatoms. The lowest BCUT2D eigenvalue weighted by molar-refractivity contribution is -0.154. The van der Waals surface area contributed by atoms with Crippen molar-refractivity contribution in [1.29, 1.82) is 0 Å². The zero-order chi connectivity index (χ0) is 38.9. The van der Waals surface area contributed by atoms with Crippen LogP contribution >= 0.6 is 7.82 Å². The minimum absolute atomic E-state index is 0.0505. The summed E-state index contributed by atoms with van der Waals surface area (Å²) in [6.45, 7) is 3.53. The number of unbranched alkanes of at least 4 members (excludes halogenated alkanes) is 27. The zero-order valence-corrected chi connectivity index (χ0v) is 35.4. The number of carbonyl (C=O) groups is 1. The van der Waals surface area contributed by atoms with Gasteiger partial charge in [-0.3, -0.25) is 13.8 Å². The zero-order valence-electron chi connectivity index (χ0n) is 34.5. The van der Waals surface area contributed by atoms with Crippen LogP contribution in [-0.2, 0) is 27.9 Å². The molecule has 0 aliphatic carbocycles. The van der Waals surface area contributed by atoms with Gasteiger partial charge in [-0.2, -0.15) is 0 Å². The van der Waals surface area contributed by atoms with Crippen molar-refractivity contribution in [2.75, 3.05) is 33.0 Å². The van der Waals surface area contributed by atoms with Crippen molar-refractivity contribution in [3.8, 4) is 0 Å². The normalized spacial score (nSPS) is 14.1. The number of ether oxygens (including phenoxy) is 2. The highest BCUT2D eigenvalue weighted by atomic mass is 31.2. The molecule has 0 amide bonds. The first-order chi connectivity index (χ1) is 25.8. The van der Waals surface area contributed by atoms with E-state index in [-0.39, 0.29) is 25.6 Å². The van der Waals surface area contributed by atoms with Crippen molar-refractivity contribution >= 4 is 13.8 Å². The number of hydrogen-bond acceptors (Lipinski definition) is 8. The molecular weight excluding hydrogens is 691 g/mol. The molecule has 3 N–H and O–H groups in total. The average Bonchev–Trinajstić information content (AvgIpc) is 3.15. The number of hydrogen-bond donors (Lipinski definition) is 3. The molecule has 3 atom stereocenters. The standard InChI is InChI=1S/C43H85O9P/c1-3-5-7-9-11-13-15-17-19-20-21-22-23-25-27-29-31-33-35-43(46)52-42(40-51-53(47,48)50-38-41(45)37-44)39-49-36-34-32-30-28-26-24-18-16-14-12-10-8-6-4-2/h14,16,41-42,44-45H,3-13,15,17-40H2,1-2H3,(H,47,48)/b16-14-. The Balaban J connectivity index is 4.12. The van der Waals surface area contributed by atoms with E-state index in [1.165, 1.54) is 148 Å². The quantitative estimate of drug-likeness (QED) is 0.0240. The maximum absolute atomic E-state index is 12.6. The summed E-state index contributed by atoms with van der Waals surface area (Å²) in [4.78, 5) is 22.6. The van der Waals surface area contributed by atoms with Crippen LogP contribution in [-0.4, -0.2) is 66.3 Å². The van der Waals surface area contributed by atoms with Crippen LogP contribution in [0.4, 0.5) is 0 Å². The minimum atomic E-state index is -4.51. The number of rotatable bonds is 43. The van der Waals surface area contributed by atoms with Gasteiger partial charge in [0.25, 0.3) is 0 Å². The first-order valence-electron chi connectivity index (χ1n) is 22.2. The molecule has 0 aliphatic rings. The largest absolute Gasteiger partial charge is 0.472 e. The molecular formula is C43H85O9P. The lowest BCUT2D eigenvalue weighted by Crippen LogP contribution is -2.29. The summed E-state index contributed by atoms with van der Waals surface area (Å²) in [6.07, 6.45) is 40.2. The SMILES string of the molecule is CCCCCC/C=C\CCCCCCCCOCC(COP(=O)(O)OCC(O)CO)OC(=O)CCCCCCCCCCCCCCCCCCCC. The van der Waals surface area contributed by atoms with Crippen LogP contribution in [0, 0.1) is 0 Å². The first kappa shape index (κ1) is 52.2. The lowest BCUT2D eigenvalue weighted by Gasteiger charge is -2.20. The van der Waals surface area contributed by atoms with E-state index < -0.39 is 33.2 Å². The summed E-state index contributed by atoms with van der Waals surface area (Å²) in [5.41, 5.74) is 0. The van der Waals surface area contributed by atoms with E-state index in [4.69, 9.17) is 23.6 Å². The van der Waals surface area contributed by atoms with Gasteiger partial charge in [0.15, 0.2) is 0 Å². The third-order valence-corrected chi connectivity index (χ3v) is 10.7. The van der Waals surface area contributed by atoms with Gasteiger partial charge in [-0.15, -0.1) is 0 Å². The van der Waals surface area contributed by atoms with Crippen molar-refractivity contribution in [2.45, 2.75) is 225 Å². The summed E-state index contributed by atoms with van der Waals surface area (Å²) in [7, 11) is -4.51. The van der Waals surface area contributed by atoms with E-state index in [1.807, 2.05) is 0 Å². The Labute approximate surface area is 326 Å². The number of allylic oxidation sites excluding steroid dienone is 2. The fourth-order valence-electron chi connectivity index (χ4n) is 6.29. The molecule has 0 aliphatic heterocycles. The van der Waals surface area contributed by atoms with Gasteiger partial charge in [-0.1, -0.05) is 180 Å². The molecule has 0 aromatic carbocycles. The van der Waals surface area contributed by atoms with Gasteiger partial charge < -0.3 is 24.6 Å². The van der Waals surface area contributed by atoms with Crippen molar-refractivity contribution in [1.82, 2.24) is 0 Å². The molecule has 3 unspecified atom stereocenters. The van der Waals surface area contributed by atoms with Crippen LogP contribution < -0.4 is 0 Å². The van der Waals surface area contributed by atoms with E-state index >= 15 is 0 Å². The van der Waals surface area contributed by atoms with E-state index in [2.05, 4.69) is 26.0 Å². The summed E-state index contributed by atoms with van der Waals surface area (Å²) in [5, 5.41) is 18.3. The molecule has 0 spiro atoms. The van der Waals surface area contributed by atoms with Crippen molar-refractivity contribution in [2.24, 2.45) is 0 Å². The lowest BCUT2D eigenvalue weighted by atomic mass is 10.0. The first-order valence-corrected chi connectivity index (χ1v) is 23.7. The van der Waals surface area contributed by atoms with Gasteiger partial charge >= 0.3 is 13.8 Å². The second-order valence-electron chi connectivity index (χ2n) is 15.1. The van der Waals surface area contributed by atoms with Gasteiger partial charge in [-0.05, 0) is 38.5 Å². The molecule has 0 radical (unpaired) electrons. The number of carbonyl (C=O) groups excluding carboxylic acids is 1. The van der Waals surface area contributed by atoms with E-state index in [0.29, 0.717) is 6.61 Å². The Kier molecular flexibility index (Phi) is 40.2. The molecule has 0 rings (SSSR count). The van der Waals surface area contributed by atoms with Gasteiger partial charge in [0.2, 0.25) is 0 Å². The second-order valence-corrected chi connectivity index (χ2v) is 16.5. The molecule has 9 nitrogen and oxygen atoms in total.